The molecule has 3 fully saturated rings. The average molecular weight is 1300 g/mol. The maximum absolute atomic E-state index is 12.6. The van der Waals surface area contributed by atoms with Crippen molar-refractivity contribution in [3.63, 3.8) is 0 Å². The fourth-order valence-corrected chi connectivity index (χ4v) is 14.6. The van der Waals surface area contributed by atoms with Crippen LogP contribution in [0.1, 0.15) is 102 Å². The Bertz CT molecular complexity index is 2950. The standard InChI is InChI=1S/C16H25N2O7P.C11H16N2O5.C11H14N2O5.C9H22O6P2.C4H9O.K/c1-5-23-26(21,24-6-2)10-8-12-11(3)14(22-4)15(25-12)18-9-7-13(19)17-16(18)20;2*1-6-7(5-14)18-10(9(6)17-2)13-4-3-8(15)12-11(13)16;1-5-12-16(10,13-6-2)9-17(11,14-7-3)15-8-4;1-4(2,3)5;/h7-12,14-15H,5-6H2,1-4H3,(H,17,19,20);3-4,6-7,9-10,14H,5H2,1-2H3,(H,12,15,16);3-7,9-10H,1-2H3,(H,12,15,16);5-9H2,1-4H3;1-3H3;/q;;;;-1;+1/b10-8+;;;;;/t11-,12-,14-,15-;2*6-,7-,9-,10-;;;/m000.../s1. The summed E-state index contributed by atoms with van der Waals surface area (Å²) in [5.74, 6) is 0.673. The minimum atomic E-state index is -3.41. The number of carbonyl (C=O) groups excluding carboxylic acids is 1. The number of rotatable bonds is 24. The Morgan fingerprint density at radius 3 is 1.16 bits per heavy atom. The maximum Gasteiger partial charge on any atom is 1.00 e. The number of aldehydes is 1. The van der Waals surface area contributed by atoms with E-state index in [9.17, 15) is 57.5 Å². The van der Waals surface area contributed by atoms with Gasteiger partial charge in [0, 0.05) is 81.7 Å². The van der Waals surface area contributed by atoms with Gasteiger partial charge >= 0.3 is 91.2 Å². The zero-order valence-electron chi connectivity index (χ0n) is 51.3. The predicted octanol–water partition coefficient (Wildman–Crippen LogP) is 0.852. The van der Waals surface area contributed by atoms with Gasteiger partial charge in [-0.3, -0.25) is 56.7 Å². The number of H-pyrrole nitrogens is 3. The van der Waals surface area contributed by atoms with Crippen molar-refractivity contribution in [2.75, 3.05) is 73.5 Å². The third-order valence-corrected chi connectivity index (χ3v) is 19.3. The molecule has 0 bridgehead atoms. The Kier molecular flexibility index (Phi) is 36.5. The van der Waals surface area contributed by atoms with Gasteiger partial charge in [-0.25, -0.2) is 14.4 Å². The zero-order valence-corrected chi connectivity index (χ0v) is 57.1. The number of nitrogens with one attached hydrogen (secondary N) is 3. The SMILES string of the molecule is CC(C)(C)[O-].CCOP(=O)(/C=C/[C@@H]1O[C@H](n2ccc(=O)[nH]c2=O)[C@@H](OC)[C@H]1C)OCC.CCOP(=O)(CP(=O)(OCC)OCC)OCC.CO[C@H]1[C@@H](C)[C@H](C=O)O[C@@H]1n1ccc(=O)[nH]c1=O.CO[C@H]1[C@@H](C)[C@H](CO)O[C@@H]1n1ccc(=O)[nH]c1=O.[K+]. The van der Waals surface area contributed by atoms with Crippen LogP contribution in [-0.2, 0) is 74.1 Å². The van der Waals surface area contributed by atoms with Gasteiger partial charge in [0.25, 0.3) is 16.7 Å². The fourth-order valence-electron chi connectivity index (χ4n) is 8.51. The molecule has 0 saturated carbocycles. The molecule has 0 aromatic carbocycles. The fraction of sp³-hybridized carbons (Fsp3) is 0.706. The number of ether oxygens (including phenoxy) is 6. The van der Waals surface area contributed by atoms with E-state index in [0.717, 1.165) is 0 Å². The van der Waals surface area contributed by atoms with Crippen molar-refractivity contribution in [2.24, 2.45) is 17.8 Å². The zero-order chi connectivity index (χ0) is 63.8. The molecule has 4 N–H and O–H groups in total. The molecule has 0 aliphatic carbocycles. The number of methoxy groups -OCH3 is 3. The Morgan fingerprint density at radius 2 is 0.871 bits per heavy atom. The van der Waals surface area contributed by atoms with Gasteiger partial charge in [0.05, 0.1) is 58.5 Å². The van der Waals surface area contributed by atoms with Crippen molar-refractivity contribution >= 4 is 29.1 Å². The largest absolute Gasteiger partial charge is 1.00 e. The topological polar surface area (TPSA) is 387 Å². The molecule has 34 heteroatoms. The predicted molar refractivity (Wildman–Crippen MR) is 305 cm³/mol. The van der Waals surface area contributed by atoms with Crippen molar-refractivity contribution in [1.82, 2.24) is 28.7 Å². The van der Waals surface area contributed by atoms with Gasteiger partial charge in [0.15, 0.2) is 24.6 Å². The summed E-state index contributed by atoms with van der Waals surface area (Å²) in [5.41, 5.74) is -3.92. The Morgan fingerprint density at radius 1 is 0.565 bits per heavy atom. The first-order chi connectivity index (χ1) is 39.5. The number of aliphatic hydroxyl groups is 1. The first-order valence-corrected chi connectivity index (χ1v) is 32.1. The molecule has 12 atom stereocenters. The summed E-state index contributed by atoms with van der Waals surface area (Å²) >= 11 is 0. The Balaban J connectivity index is 0.000000557. The molecule has 3 aliphatic rings. The van der Waals surface area contributed by atoms with E-state index in [2.05, 4.69) is 15.0 Å². The monoisotopic (exact) mass is 1300 g/mol. The normalized spacial score (nSPS) is 24.8. The third-order valence-electron chi connectivity index (χ3n) is 12.2. The van der Waals surface area contributed by atoms with Crippen LogP contribution in [0.3, 0.4) is 0 Å². The van der Waals surface area contributed by atoms with E-state index in [-0.39, 0.29) is 127 Å². The van der Waals surface area contributed by atoms with Gasteiger partial charge in [0.2, 0.25) is 0 Å². The van der Waals surface area contributed by atoms with Crippen LogP contribution in [0, 0.1) is 17.8 Å². The maximum atomic E-state index is 12.6. The summed E-state index contributed by atoms with van der Waals surface area (Å²) in [5, 5.41) is 19.3. The number of hydrogen-bond donors (Lipinski definition) is 4. The van der Waals surface area contributed by atoms with Crippen molar-refractivity contribution in [3.05, 3.63) is 111 Å². The van der Waals surface area contributed by atoms with Gasteiger partial charge in [-0.15, -0.1) is 5.60 Å². The van der Waals surface area contributed by atoms with E-state index in [4.69, 9.17) is 55.6 Å². The number of hydrogen-bond acceptors (Lipinski definition) is 24. The van der Waals surface area contributed by atoms with E-state index in [1.807, 2.05) is 20.8 Å². The van der Waals surface area contributed by atoms with Crippen LogP contribution < -0.4 is 90.2 Å². The average Bonchev–Trinajstić information content (AvgIpc) is 3.24. The molecule has 0 radical (unpaired) electrons. The van der Waals surface area contributed by atoms with Crippen LogP contribution in [0.5, 0.6) is 0 Å². The second-order valence-electron chi connectivity index (χ2n) is 19.5. The minimum absolute atomic E-state index is 0. The number of aromatic amines is 3. The van der Waals surface area contributed by atoms with Crippen molar-refractivity contribution in [3.8, 4) is 0 Å². The number of aliphatic hydroxyl groups excluding tert-OH is 1. The molecule has 30 nitrogen and oxygen atoms in total. The van der Waals surface area contributed by atoms with Crippen LogP contribution in [0.15, 0.2) is 77.4 Å². The molecule has 0 unspecified atom stereocenters. The van der Waals surface area contributed by atoms with Gasteiger partial charge in [0.1, 0.15) is 30.7 Å². The Hall–Kier alpha value is -2.78. The van der Waals surface area contributed by atoms with E-state index >= 15 is 0 Å². The summed E-state index contributed by atoms with van der Waals surface area (Å²) in [6.07, 6.45) is 1.55. The number of aromatic nitrogens is 6. The molecule has 3 aromatic rings. The summed E-state index contributed by atoms with van der Waals surface area (Å²) < 4.78 is 104. The third kappa shape index (κ3) is 25.2. The molecule has 85 heavy (non-hydrogen) atoms. The molecule has 0 amide bonds. The van der Waals surface area contributed by atoms with Gasteiger partial charge in [-0.1, -0.05) is 41.5 Å². The van der Waals surface area contributed by atoms with Crippen molar-refractivity contribution in [2.45, 2.75) is 144 Å². The second-order valence-corrected chi connectivity index (χ2v) is 26.0. The molecule has 6 heterocycles. The second kappa shape index (κ2) is 38.7. The van der Waals surface area contributed by atoms with Crippen LogP contribution in [-0.4, -0.2) is 156 Å². The number of carbonyl (C=O) groups is 1. The van der Waals surface area contributed by atoms with E-state index in [1.54, 1.807) is 68.4 Å². The van der Waals surface area contributed by atoms with Gasteiger partial charge in [-0.2, -0.15) is 0 Å². The van der Waals surface area contributed by atoms with E-state index in [1.165, 1.54) is 77.6 Å². The molecule has 6 rings (SSSR count). The van der Waals surface area contributed by atoms with E-state index < -0.39 is 111 Å². The minimum Gasteiger partial charge on any atom is -0.850 e. The van der Waals surface area contributed by atoms with E-state index in [0.29, 0.717) is 6.29 Å². The van der Waals surface area contributed by atoms with Crippen LogP contribution >= 0.6 is 22.8 Å². The van der Waals surface area contributed by atoms with Crippen molar-refractivity contribution in [1.29, 1.82) is 0 Å². The first-order valence-electron chi connectivity index (χ1n) is 27.1. The molecule has 3 aromatic heterocycles. The summed E-state index contributed by atoms with van der Waals surface area (Å²) in [6, 6.07) is 3.70. The van der Waals surface area contributed by atoms with Crippen LogP contribution in [0.2, 0.25) is 0 Å². The van der Waals surface area contributed by atoms with Crippen LogP contribution in [0.4, 0.5) is 0 Å². The molecular formula is C51H86KN6O24P3. The summed E-state index contributed by atoms with van der Waals surface area (Å²) in [6.45, 7) is 21.9. The quantitative estimate of drug-likeness (QED) is 0.0549. The summed E-state index contributed by atoms with van der Waals surface area (Å²) in [4.78, 5) is 86.1. The molecule has 3 saturated heterocycles. The number of nitrogens with zero attached hydrogens (tertiary/aromatic N) is 3. The summed E-state index contributed by atoms with van der Waals surface area (Å²) in [7, 11) is -5.65. The molecule has 0 spiro atoms. The smallest absolute Gasteiger partial charge is 0.850 e. The molecular weight excluding hydrogens is 1210 g/mol. The molecule has 480 valence electrons. The van der Waals surface area contributed by atoms with Gasteiger partial charge < -0.3 is 70.6 Å². The first kappa shape index (κ1) is 80.2. The Labute approximate surface area is 535 Å². The van der Waals surface area contributed by atoms with Crippen LogP contribution in [0.25, 0.3) is 0 Å². The van der Waals surface area contributed by atoms with Gasteiger partial charge in [-0.05, 0) is 47.6 Å². The molecule has 3 aliphatic heterocycles. The van der Waals surface area contributed by atoms with Crippen molar-refractivity contribution < 1.29 is 136 Å².